The lowest BCUT2D eigenvalue weighted by Crippen LogP contribution is -2.50. The minimum absolute atomic E-state index is 0. The van der Waals surface area contributed by atoms with Gasteiger partial charge in [-0.3, -0.25) is 14.6 Å². The molecular weight excluding hydrogens is 312 g/mol. The van der Waals surface area contributed by atoms with Crippen molar-refractivity contribution < 1.29 is 4.79 Å². The van der Waals surface area contributed by atoms with Crippen molar-refractivity contribution in [3.8, 4) is 0 Å². The Hall–Kier alpha value is -1.14. The standard InChI is InChI=1S/C17H26N4O.ClH/c1-14(22)19-16-4-2-15(3-5-16)13-20-8-10-21(11-9-20)17-6-7-18-12-17;/h2-5,17-18H,6-13H2,1H3,(H,19,22);1H. The Bertz CT molecular complexity index is 494. The number of rotatable bonds is 4. The molecule has 2 N–H and O–H groups in total. The lowest BCUT2D eigenvalue weighted by Gasteiger charge is -2.37. The highest BCUT2D eigenvalue weighted by Gasteiger charge is 2.25. The van der Waals surface area contributed by atoms with Crippen LogP contribution in [0.2, 0.25) is 0 Å². The molecule has 3 rings (SSSR count). The number of carbonyl (C=O) groups excluding carboxylic acids is 1. The van der Waals surface area contributed by atoms with Crippen LogP contribution in [0.1, 0.15) is 18.9 Å². The molecule has 2 aliphatic rings. The molecule has 0 aromatic heterocycles. The first-order chi connectivity index (χ1) is 10.7. The number of carbonyl (C=O) groups is 1. The third-order valence-corrected chi connectivity index (χ3v) is 4.64. The first-order valence-corrected chi connectivity index (χ1v) is 8.24. The fourth-order valence-electron chi connectivity index (χ4n) is 3.39. The van der Waals surface area contributed by atoms with E-state index in [4.69, 9.17) is 0 Å². The number of piperazine rings is 1. The van der Waals surface area contributed by atoms with E-state index >= 15 is 0 Å². The molecule has 2 fully saturated rings. The third kappa shape index (κ3) is 5.18. The molecule has 5 nitrogen and oxygen atoms in total. The quantitative estimate of drug-likeness (QED) is 0.874. The summed E-state index contributed by atoms with van der Waals surface area (Å²) in [7, 11) is 0. The predicted octanol–water partition coefficient (Wildman–Crippen LogP) is 1.55. The summed E-state index contributed by atoms with van der Waals surface area (Å²) in [4.78, 5) is 16.2. The van der Waals surface area contributed by atoms with Crippen LogP contribution in [-0.2, 0) is 11.3 Å². The Labute approximate surface area is 144 Å². The maximum absolute atomic E-state index is 11.0. The number of halogens is 1. The summed E-state index contributed by atoms with van der Waals surface area (Å²) in [5, 5.41) is 6.26. The van der Waals surface area contributed by atoms with Crippen molar-refractivity contribution in [2.45, 2.75) is 25.9 Å². The summed E-state index contributed by atoms with van der Waals surface area (Å²) in [6.45, 7) is 9.50. The predicted molar refractivity (Wildman–Crippen MR) is 96.1 cm³/mol. The highest BCUT2D eigenvalue weighted by Crippen LogP contribution is 2.15. The third-order valence-electron chi connectivity index (χ3n) is 4.64. The summed E-state index contributed by atoms with van der Waals surface area (Å²) in [6.07, 6.45) is 1.30. The minimum Gasteiger partial charge on any atom is -0.326 e. The van der Waals surface area contributed by atoms with Crippen molar-refractivity contribution >= 4 is 24.0 Å². The molecule has 6 heteroatoms. The molecule has 0 radical (unpaired) electrons. The van der Waals surface area contributed by atoms with Crippen molar-refractivity contribution in [2.75, 3.05) is 44.6 Å². The van der Waals surface area contributed by atoms with Crippen LogP contribution < -0.4 is 10.6 Å². The van der Waals surface area contributed by atoms with Gasteiger partial charge in [-0.2, -0.15) is 0 Å². The van der Waals surface area contributed by atoms with Crippen molar-refractivity contribution in [2.24, 2.45) is 0 Å². The summed E-state index contributed by atoms with van der Waals surface area (Å²) in [5.74, 6) is -0.0229. The van der Waals surface area contributed by atoms with Crippen LogP contribution in [-0.4, -0.2) is 61.0 Å². The zero-order valence-corrected chi connectivity index (χ0v) is 14.6. The van der Waals surface area contributed by atoms with Crippen LogP contribution in [0.3, 0.4) is 0 Å². The Kier molecular flexibility index (Phi) is 6.84. The molecule has 1 atom stereocenters. The van der Waals surface area contributed by atoms with Gasteiger partial charge in [-0.15, -0.1) is 12.4 Å². The van der Waals surface area contributed by atoms with Gasteiger partial charge in [0.1, 0.15) is 0 Å². The molecule has 1 aromatic rings. The number of nitrogens with one attached hydrogen (secondary N) is 2. The molecule has 2 heterocycles. The van der Waals surface area contributed by atoms with E-state index < -0.39 is 0 Å². The lowest BCUT2D eigenvalue weighted by molar-refractivity contribution is -0.114. The summed E-state index contributed by atoms with van der Waals surface area (Å²) in [5.41, 5.74) is 2.18. The first kappa shape index (κ1) is 18.2. The van der Waals surface area contributed by atoms with Crippen molar-refractivity contribution in [1.82, 2.24) is 15.1 Å². The Morgan fingerprint density at radius 1 is 1.22 bits per heavy atom. The maximum atomic E-state index is 11.0. The maximum Gasteiger partial charge on any atom is 0.221 e. The van der Waals surface area contributed by atoms with Crippen LogP contribution in [0.5, 0.6) is 0 Å². The second-order valence-corrected chi connectivity index (χ2v) is 6.34. The average molecular weight is 339 g/mol. The van der Waals surface area contributed by atoms with E-state index in [0.717, 1.165) is 37.9 Å². The molecule has 0 aliphatic carbocycles. The Balaban J connectivity index is 0.00000192. The number of hydrogen-bond donors (Lipinski definition) is 2. The Morgan fingerprint density at radius 2 is 1.91 bits per heavy atom. The molecule has 23 heavy (non-hydrogen) atoms. The van der Waals surface area contributed by atoms with E-state index in [1.54, 1.807) is 0 Å². The van der Waals surface area contributed by atoms with Gasteiger partial charge in [0.05, 0.1) is 0 Å². The van der Waals surface area contributed by atoms with E-state index in [1.807, 2.05) is 12.1 Å². The lowest BCUT2D eigenvalue weighted by atomic mass is 10.1. The second kappa shape index (κ2) is 8.64. The SMILES string of the molecule is CC(=O)Nc1ccc(CN2CCN(C3CCNC3)CC2)cc1.Cl. The smallest absolute Gasteiger partial charge is 0.221 e. The highest BCUT2D eigenvalue weighted by molar-refractivity contribution is 5.88. The van der Waals surface area contributed by atoms with Crippen LogP contribution in [0.15, 0.2) is 24.3 Å². The van der Waals surface area contributed by atoms with Gasteiger partial charge in [0, 0.05) is 57.9 Å². The largest absolute Gasteiger partial charge is 0.326 e. The molecule has 1 aromatic carbocycles. The molecule has 0 spiro atoms. The number of hydrogen-bond acceptors (Lipinski definition) is 4. The normalized spacial score (nSPS) is 22.6. The van der Waals surface area contributed by atoms with Gasteiger partial charge in [0.15, 0.2) is 0 Å². The molecule has 0 bridgehead atoms. The molecule has 1 unspecified atom stereocenters. The van der Waals surface area contributed by atoms with Crippen LogP contribution in [0, 0.1) is 0 Å². The molecule has 2 aliphatic heterocycles. The van der Waals surface area contributed by atoms with Gasteiger partial charge < -0.3 is 10.6 Å². The van der Waals surface area contributed by atoms with E-state index in [0.29, 0.717) is 0 Å². The molecular formula is C17H27ClN4O. The van der Waals surface area contributed by atoms with E-state index in [-0.39, 0.29) is 18.3 Å². The molecule has 0 saturated carbocycles. The molecule has 1 amide bonds. The minimum atomic E-state index is -0.0229. The van der Waals surface area contributed by atoms with Gasteiger partial charge in [-0.25, -0.2) is 0 Å². The second-order valence-electron chi connectivity index (χ2n) is 6.34. The zero-order chi connectivity index (χ0) is 15.4. The van der Waals surface area contributed by atoms with E-state index in [1.165, 1.54) is 38.5 Å². The highest BCUT2D eigenvalue weighted by atomic mass is 35.5. The van der Waals surface area contributed by atoms with Crippen LogP contribution in [0.4, 0.5) is 5.69 Å². The van der Waals surface area contributed by atoms with Gasteiger partial charge in [0.2, 0.25) is 5.91 Å². The molecule has 2 saturated heterocycles. The zero-order valence-electron chi connectivity index (χ0n) is 13.8. The van der Waals surface area contributed by atoms with Crippen LogP contribution in [0.25, 0.3) is 0 Å². The van der Waals surface area contributed by atoms with E-state index in [2.05, 4.69) is 32.6 Å². The van der Waals surface area contributed by atoms with Crippen molar-refractivity contribution in [3.05, 3.63) is 29.8 Å². The summed E-state index contributed by atoms with van der Waals surface area (Å²) < 4.78 is 0. The number of anilines is 1. The summed E-state index contributed by atoms with van der Waals surface area (Å²) in [6, 6.07) is 8.94. The van der Waals surface area contributed by atoms with E-state index in [9.17, 15) is 4.79 Å². The van der Waals surface area contributed by atoms with Gasteiger partial charge in [-0.05, 0) is 30.7 Å². The van der Waals surface area contributed by atoms with Crippen molar-refractivity contribution in [3.63, 3.8) is 0 Å². The fraction of sp³-hybridized carbons (Fsp3) is 0.588. The number of benzene rings is 1. The fourth-order valence-corrected chi connectivity index (χ4v) is 3.39. The average Bonchev–Trinajstić information content (AvgIpc) is 3.04. The topological polar surface area (TPSA) is 47.6 Å². The monoisotopic (exact) mass is 338 g/mol. The van der Waals surface area contributed by atoms with Gasteiger partial charge in [0.25, 0.3) is 0 Å². The van der Waals surface area contributed by atoms with Gasteiger partial charge in [-0.1, -0.05) is 12.1 Å². The van der Waals surface area contributed by atoms with Gasteiger partial charge >= 0.3 is 0 Å². The Morgan fingerprint density at radius 3 is 2.48 bits per heavy atom. The summed E-state index contributed by atoms with van der Waals surface area (Å²) >= 11 is 0. The number of amides is 1. The first-order valence-electron chi connectivity index (χ1n) is 8.24. The molecule has 128 valence electrons. The number of nitrogens with zero attached hydrogens (tertiary/aromatic N) is 2. The van der Waals surface area contributed by atoms with Crippen LogP contribution >= 0.6 is 12.4 Å². The van der Waals surface area contributed by atoms with Crippen molar-refractivity contribution in [1.29, 1.82) is 0 Å².